The molecule has 21 heavy (non-hydrogen) atoms. The SMILES string of the molecule is COc1ccc(OC[C@@H](O)CN2C[C@@H](C)O[C@H](C)C2)cc1. The van der Waals surface area contributed by atoms with Gasteiger partial charge in [-0.05, 0) is 38.1 Å². The molecule has 5 nitrogen and oxygen atoms in total. The van der Waals surface area contributed by atoms with Crippen LogP contribution in [0.5, 0.6) is 11.5 Å². The Balaban J connectivity index is 1.74. The first kappa shape index (κ1) is 16.1. The predicted molar refractivity (Wildman–Crippen MR) is 80.9 cm³/mol. The van der Waals surface area contributed by atoms with Crippen molar-refractivity contribution < 1.29 is 19.3 Å². The number of hydrogen-bond donors (Lipinski definition) is 1. The Kier molecular flexibility index (Phi) is 5.85. The van der Waals surface area contributed by atoms with E-state index in [0.29, 0.717) is 6.54 Å². The minimum atomic E-state index is -0.510. The van der Waals surface area contributed by atoms with E-state index in [4.69, 9.17) is 14.2 Å². The van der Waals surface area contributed by atoms with Crippen LogP contribution in [0.3, 0.4) is 0 Å². The fourth-order valence-electron chi connectivity index (χ4n) is 2.65. The van der Waals surface area contributed by atoms with E-state index in [1.54, 1.807) is 7.11 Å². The van der Waals surface area contributed by atoms with E-state index in [1.807, 2.05) is 24.3 Å². The highest BCUT2D eigenvalue weighted by Crippen LogP contribution is 2.17. The molecule has 1 aromatic carbocycles. The first-order valence-electron chi connectivity index (χ1n) is 7.39. The van der Waals surface area contributed by atoms with Crippen LogP contribution in [0.15, 0.2) is 24.3 Å². The predicted octanol–water partition coefficient (Wildman–Crippen LogP) is 1.54. The molecule has 1 saturated heterocycles. The van der Waals surface area contributed by atoms with Gasteiger partial charge < -0.3 is 19.3 Å². The third-order valence-electron chi connectivity index (χ3n) is 3.47. The molecule has 0 bridgehead atoms. The lowest BCUT2D eigenvalue weighted by molar-refractivity contribution is -0.0786. The summed E-state index contributed by atoms with van der Waals surface area (Å²) in [6.07, 6.45) is -0.0866. The highest BCUT2D eigenvalue weighted by atomic mass is 16.5. The fraction of sp³-hybridized carbons (Fsp3) is 0.625. The van der Waals surface area contributed by atoms with Crippen molar-refractivity contribution in [3.05, 3.63) is 24.3 Å². The van der Waals surface area contributed by atoms with Gasteiger partial charge in [0.05, 0.1) is 19.3 Å². The van der Waals surface area contributed by atoms with E-state index in [-0.39, 0.29) is 18.8 Å². The number of methoxy groups -OCH3 is 1. The average molecular weight is 295 g/mol. The summed E-state index contributed by atoms with van der Waals surface area (Å²) in [7, 11) is 1.63. The van der Waals surface area contributed by atoms with Gasteiger partial charge in [0, 0.05) is 19.6 Å². The van der Waals surface area contributed by atoms with E-state index in [9.17, 15) is 5.11 Å². The van der Waals surface area contributed by atoms with Gasteiger partial charge in [0.1, 0.15) is 24.2 Å². The molecule has 1 fully saturated rings. The Bertz CT molecular complexity index is 413. The summed E-state index contributed by atoms with van der Waals surface area (Å²) in [6.45, 7) is 6.71. The number of aliphatic hydroxyl groups is 1. The van der Waals surface area contributed by atoms with Crippen LogP contribution >= 0.6 is 0 Å². The molecule has 0 unspecified atom stereocenters. The summed E-state index contributed by atoms with van der Waals surface area (Å²) in [5.41, 5.74) is 0. The van der Waals surface area contributed by atoms with Crippen LogP contribution in [-0.4, -0.2) is 61.7 Å². The quantitative estimate of drug-likeness (QED) is 0.863. The monoisotopic (exact) mass is 295 g/mol. The number of benzene rings is 1. The molecule has 1 N–H and O–H groups in total. The lowest BCUT2D eigenvalue weighted by Crippen LogP contribution is -2.48. The Morgan fingerprint density at radius 1 is 1.19 bits per heavy atom. The number of nitrogens with zero attached hydrogens (tertiary/aromatic N) is 1. The number of morpholine rings is 1. The Hall–Kier alpha value is -1.30. The largest absolute Gasteiger partial charge is 0.497 e. The van der Waals surface area contributed by atoms with Crippen molar-refractivity contribution in [2.45, 2.75) is 32.2 Å². The minimum absolute atomic E-state index is 0.212. The molecule has 0 aromatic heterocycles. The van der Waals surface area contributed by atoms with Gasteiger partial charge in [-0.15, -0.1) is 0 Å². The second kappa shape index (κ2) is 7.64. The van der Waals surface area contributed by atoms with Crippen molar-refractivity contribution in [2.75, 3.05) is 33.4 Å². The molecular weight excluding hydrogens is 270 g/mol. The zero-order valence-corrected chi connectivity index (χ0v) is 13.0. The highest BCUT2D eigenvalue weighted by molar-refractivity contribution is 5.31. The van der Waals surface area contributed by atoms with Gasteiger partial charge in [-0.2, -0.15) is 0 Å². The Labute approximate surface area is 126 Å². The second-order valence-corrected chi connectivity index (χ2v) is 5.62. The maximum absolute atomic E-state index is 10.1. The van der Waals surface area contributed by atoms with Gasteiger partial charge >= 0.3 is 0 Å². The summed E-state index contributed by atoms with van der Waals surface area (Å²) in [6, 6.07) is 7.36. The van der Waals surface area contributed by atoms with Gasteiger partial charge in [-0.3, -0.25) is 4.90 Å². The third-order valence-corrected chi connectivity index (χ3v) is 3.47. The van der Waals surface area contributed by atoms with Crippen LogP contribution in [0.25, 0.3) is 0 Å². The third kappa shape index (κ3) is 5.19. The van der Waals surface area contributed by atoms with E-state index < -0.39 is 6.10 Å². The van der Waals surface area contributed by atoms with Gasteiger partial charge in [-0.25, -0.2) is 0 Å². The molecule has 0 saturated carbocycles. The molecule has 5 heteroatoms. The summed E-state index contributed by atoms with van der Waals surface area (Å²) in [5.74, 6) is 1.53. The van der Waals surface area contributed by atoms with Crippen LogP contribution < -0.4 is 9.47 Å². The minimum Gasteiger partial charge on any atom is -0.497 e. The van der Waals surface area contributed by atoms with Crippen molar-refractivity contribution in [3.8, 4) is 11.5 Å². The van der Waals surface area contributed by atoms with Gasteiger partial charge in [0.25, 0.3) is 0 Å². The van der Waals surface area contributed by atoms with Crippen LogP contribution in [0.1, 0.15) is 13.8 Å². The van der Waals surface area contributed by atoms with Crippen LogP contribution in [0, 0.1) is 0 Å². The van der Waals surface area contributed by atoms with Crippen LogP contribution in [0.4, 0.5) is 0 Å². The zero-order valence-electron chi connectivity index (χ0n) is 13.0. The summed E-state index contributed by atoms with van der Waals surface area (Å²) in [5, 5.41) is 10.1. The summed E-state index contributed by atoms with van der Waals surface area (Å²) < 4.78 is 16.4. The number of β-amino-alcohol motifs (C(OH)–C–C–N with tert-alkyl or cyclic N) is 1. The van der Waals surface area contributed by atoms with Crippen molar-refractivity contribution in [2.24, 2.45) is 0 Å². The number of rotatable bonds is 6. The van der Waals surface area contributed by atoms with E-state index >= 15 is 0 Å². The zero-order chi connectivity index (χ0) is 15.2. The number of hydrogen-bond acceptors (Lipinski definition) is 5. The Morgan fingerprint density at radius 3 is 2.33 bits per heavy atom. The number of aliphatic hydroxyl groups excluding tert-OH is 1. The summed E-state index contributed by atoms with van der Waals surface area (Å²) in [4.78, 5) is 2.22. The van der Waals surface area contributed by atoms with Crippen LogP contribution in [-0.2, 0) is 4.74 Å². The smallest absolute Gasteiger partial charge is 0.119 e. The highest BCUT2D eigenvalue weighted by Gasteiger charge is 2.23. The maximum Gasteiger partial charge on any atom is 0.119 e. The van der Waals surface area contributed by atoms with E-state index in [1.165, 1.54) is 0 Å². The molecule has 1 heterocycles. The molecule has 118 valence electrons. The molecule has 3 atom stereocenters. The molecule has 1 aliphatic rings. The second-order valence-electron chi connectivity index (χ2n) is 5.62. The maximum atomic E-state index is 10.1. The Morgan fingerprint density at radius 2 is 1.76 bits per heavy atom. The first-order valence-corrected chi connectivity index (χ1v) is 7.39. The molecule has 2 rings (SSSR count). The average Bonchev–Trinajstić information content (AvgIpc) is 2.44. The van der Waals surface area contributed by atoms with Gasteiger partial charge in [0.2, 0.25) is 0 Å². The molecule has 0 spiro atoms. The van der Waals surface area contributed by atoms with Crippen molar-refractivity contribution in [1.82, 2.24) is 4.90 Å². The molecule has 0 aliphatic carbocycles. The molecule has 1 aromatic rings. The molecule has 0 amide bonds. The van der Waals surface area contributed by atoms with E-state index in [0.717, 1.165) is 24.6 Å². The van der Waals surface area contributed by atoms with Crippen molar-refractivity contribution >= 4 is 0 Å². The number of ether oxygens (including phenoxy) is 3. The van der Waals surface area contributed by atoms with Gasteiger partial charge in [0.15, 0.2) is 0 Å². The van der Waals surface area contributed by atoms with Gasteiger partial charge in [-0.1, -0.05) is 0 Å². The lowest BCUT2D eigenvalue weighted by atomic mass is 10.2. The first-order chi connectivity index (χ1) is 10.1. The normalized spacial score (nSPS) is 24.6. The molecule has 1 aliphatic heterocycles. The van der Waals surface area contributed by atoms with Crippen molar-refractivity contribution in [1.29, 1.82) is 0 Å². The van der Waals surface area contributed by atoms with Crippen molar-refractivity contribution in [3.63, 3.8) is 0 Å². The lowest BCUT2D eigenvalue weighted by Gasteiger charge is -2.36. The summed E-state index contributed by atoms with van der Waals surface area (Å²) >= 11 is 0. The topological polar surface area (TPSA) is 51.2 Å². The standard InChI is InChI=1S/C16H25NO4/c1-12-8-17(9-13(2)21-12)10-14(18)11-20-16-6-4-15(19-3)5-7-16/h4-7,12-14,18H,8-11H2,1-3H3/t12-,13-,14+/m1/s1. The molecular formula is C16H25NO4. The molecule has 0 radical (unpaired) electrons. The van der Waals surface area contributed by atoms with E-state index in [2.05, 4.69) is 18.7 Å². The van der Waals surface area contributed by atoms with Crippen LogP contribution in [0.2, 0.25) is 0 Å². The fourth-order valence-corrected chi connectivity index (χ4v) is 2.65.